The van der Waals surface area contributed by atoms with Crippen LogP contribution >= 0.6 is 0 Å². The number of aryl methyl sites for hydroxylation is 1. The van der Waals surface area contributed by atoms with Crippen LogP contribution in [0.3, 0.4) is 0 Å². The van der Waals surface area contributed by atoms with Crippen molar-refractivity contribution in [3.05, 3.63) is 59.2 Å². The summed E-state index contributed by atoms with van der Waals surface area (Å²) in [6.07, 6.45) is 0.345. The molecule has 2 aromatic rings. The molecule has 3 N–H and O–H groups in total. The molecular weight excluding hydrogens is 302 g/mol. The first kappa shape index (κ1) is 16.1. The van der Waals surface area contributed by atoms with E-state index in [1.165, 1.54) is 0 Å². The molecular formula is C19H21N3O2. The fourth-order valence-electron chi connectivity index (χ4n) is 2.83. The number of amides is 2. The largest absolute Gasteiger partial charge is 0.382 e. The standard InChI is InChI=1S/C19H21N3O2/c1-12-5-3-4-6-17(12)22-18(23)9-13(2)21-15-8-7-14-11-20-19(24)16(14)10-15/h3-8,10,13,21H,9,11H2,1-2H3,(H,20,24)(H,22,23)/t13-/m0/s1. The van der Waals surface area contributed by atoms with E-state index in [-0.39, 0.29) is 17.9 Å². The van der Waals surface area contributed by atoms with E-state index in [2.05, 4.69) is 16.0 Å². The van der Waals surface area contributed by atoms with Gasteiger partial charge >= 0.3 is 0 Å². The van der Waals surface area contributed by atoms with Crippen molar-refractivity contribution in [2.45, 2.75) is 32.9 Å². The third kappa shape index (κ3) is 3.56. The summed E-state index contributed by atoms with van der Waals surface area (Å²) in [7, 11) is 0. The minimum atomic E-state index is -0.0449. The molecule has 124 valence electrons. The molecule has 3 rings (SSSR count). The summed E-state index contributed by atoms with van der Waals surface area (Å²) in [4.78, 5) is 23.9. The van der Waals surface area contributed by atoms with E-state index >= 15 is 0 Å². The molecule has 2 aromatic carbocycles. The van der Waals surface area contributed by atoms with Crippen molar-refractivity contribution in [2.75, 3.05) is 10.6 Å². The first-order chi connectivity index (χ1) is 11.5. The van der Waals surface area contributed by atoms with Crippen LogP contribution in [0.1, 0.15) is 34.8 Å². The summed E-state index contributed by atoms with van der Waals surface area (Å²) in [5, 5.41) is 9.01. The van der Waals surface area contributed by atoms with E-state index in [0.717, 1.165) is 22.5 Å². The first-order valence-corrected chi connectivity index (χ1v) is 8.06. The Balaban J connectivity index is 1.59. The number of rotatable bonds is 5. The maximum atomic E-state index is 12.2. The van der Waals surface area contributed by atoms with Gasteiger partial charge < -0.3 is 16.0 Å². The van der Waals surface area contributed by atoms with Gasteiger partial charge in [0.25, 0.3) is 5.91 Å². The Kier molecular flexibility index (Phi) is 4.51. The van der Waals surface area contributed by atoms with Crippen molar-refractivity contribution < 1.29 is 9.59 Å². The van der Waals surface area contributed by atoms with Crippen LogP contribution in [0.5, 0.6) is 0 Å². The van der Waals surface area contributed by atoms with E-state index in [4.69, 9.17) is 0 Å². The van der Waals surface area contributed by atoms with Crippen LogP contribution < -0.4 is 16.0 Å². The molecule has 1 atom stereocenters. The highest BCUT2D eigenvalue weighted by Gasteiger charge is 2.19. The average molecular weight is 323 g/mol. The van der Waals surface area contributed by atoms with E-state index in [9.17, 15) is 9.59 Å². The second-order valence-corrected chi connectivity index (χ2v) is 6.17. The van der Waals surface area contributed by atoms with Crippen molar-refractivity contribution >= 4 is 23.2 Å². The quantitative estimate of drug-likeness (QED) is 0.792. The van der Waals surface area contributed by atoms with Gasteiger partial charge in [0.2, 0.25) is 5.91 Å². The highest BCUT2D eigenvalue weighted by atomic mass is 16.2. The molecule has 0 aromatic heterocycles. The molecule has 0 saturated heterocycles. The summed E-state index contributed by atoms with van der Waals surface area (Å²) in [6, 6.07) is 13.4. The molecule has 1 aliphatic heterocycles. The molecule has 0 fully saturated rings. The zero-order chi connectivity index (χ0) is 17.1. The second kappa shape index (κ2) is 6.74. The predicted molar refractivity (Wildman–Crippen MR) is 95.1 cm³/mol. The lowest BCUT2D eigenvalue weighted by Crippen LogP contribution is -2.24. The Labute approximate surface area is 141 Å². The predicted octanol–water partition coefficient (Wildman–Crippen LogP) is 3.07. The maximum Gasteiger partial charge on any atom is 0.251 e. The monoisotopic (exact) mass is 323 g/mol. The van der Waals surface area contributed by atoms with Gasteiger partial charge in [-0.2, -0.15) is 0 Å². The highest BCUT2D eigenvalue weighted by molar-refractivity contribution is 5.99. The highest BCUT2D eigenvalue weighted by Crippen LogP contribution is 2.21. The van der Waals surface area contributed by atoms with Gasteiger partial charge in [0.05, 0.1) is 0 Å². The van der Waals surface area contributed by atoms with Gasteiger partial charge in [-0.25, -0.2) is 0 Å². The van der Waals surface area contributed by atoms with Crippen molar-refractivity contribution in [1.29, 1.82) is 0 Å². The molecule has 0 radical (unpaired) electrons. The van der Waals surface area contributed by atoms with Gasteiger partial charge in [-0.3, -0.25) is 9.59 Å². The molecule has 5 nitrogen and oxygen atoms in total. The third-order valence-electron chi connectivity index (χ3n) is 4.12. The molecule has 5 heteroatoms. The van der Waals surface area contributed by atoms with Gasteiger partial charge in [0.15, 0.2) is 0 Å². The number of hydrogen-bond donors (Lipinski definition) is 3. The molecule has 1 heterocycles. The smallest absolute Gasteiger partial charge is 0.251 e. The summed E-state index contributed by atoms with van der Waals surface area (Å²) in [6.45, 7) is 4.50. The maximum absolute atomic E-state index is 12.2. The summed E-state index contributed by atoms with van der Waals surface area (Å²) < 4.78 is 0. The van der Waals surface area contributed by atoms with Crippen molar-refractivity contribution in [2.24, 2.45) is 0 Å². The lowest BCUT2D eigenvalue weighted by molar-refractivity contribution is -0.116. The molecule has 0 spiro atoms. The van der Waals surface area contributed by atoms with Crippen LogP contribution in [-0.2, 0) is 11.3 Å². The topological polar surface area (TPSA) is 70.2 Å². The Morgan fingerprint density at radius 3 is 2.83 bits per heavy atom. The number of benzene rings is 2. The zero-order valence-corrected chi connectivity index (χ0v) is 13.8. The number of carbonyl (C=O) groups is 2. The van der Waals surface area contributed by atoms with Gasteiger partial charge in [0, 0.05) is 35.9 Å². The number of carbonyl (C=O) groups excluding carboxylic acids is 2. The molecule has 24 heavy (non-hydrogen) atoms. The van der Waals surface area contributed by atoms with E-state index in [0.29, 0.717) is 18.5 Å². The number of nitrogens with one attached hydrogen (secondary N) is 3. The molecule has 1 aliphatic rings. The summed E-state index contributed by atoms with van der Waals surface area (Å²) in [5.74, 6) is -0.0817. The number of anilines is 2. The first-order valence-electron chi connectivity index (χ1n) is 8.06. The third-order valence-corrected chi connectivity index (χ3v) is 4.12. The average Bonchev–Trinajstić information content (AvgIpc) is 2.90. The Hall–Kier alpha value is -2.82. The fraction of sp³-hybridized carbons (Fsp3) is 0.263. The Bertz CT molecular complexity index is 786. The molecule has 0 saturated carbocycles. The number of hydrogen-bond acceptors (Lipinski definition) is 3. The van der Waals surface area contributed by atoms with Crippen LogP contribution in [0, 0.1) is 6.92 Å². The zero-order valence-electron chi connectivity index (χ0n) is 13.8. The number of para-hydroxylation sites is 1. The Morgan fingerprint density at radius 2 is 2.04 bits per heavy atom. The lowest BCUT2D eigenvalue weighted by atomic mass is 10.1. The second-order valence-electron chi connectivity index (χ2n) is 6.17. The van der Waals surface area contributed by atoms with Crippen LogP contribution in [0.15, 0.2) is 42.5 Å². The van der Waals surface area contributed by atoms with Gasteiger partial charge in [-0.15, -0.1) is 0 Å². The minimum absolute atomic E-state index is 0.0387. The van der Waals surface area contributed by atoms with Crippen LogP contribution in [0.2, 0.25) is 0 Å². The van der Waals surface area contributed by atoms with Crippen LogP contribution in [-0.4, -0.2) is 17.9 Å². The van der Waals surface area contributed by atoms with Gasteiger partial charge in [0.1, 0.15) is 0 Å². The van der Waals surface area contributed by atoms with Crippen LogP contribution in [0.25, 0.3) is 0 Å². The van der Waals surface area contributed by atoms with Gasteiger partial charge in [-0.05, 0) is 43.2 Å². The van der Waals surface area contributed by atoms with E-state index in [1.807, 2.05) is 56.3 Å². The van der Waals surface area contributed by atoms with Crippen molar-refractivity contribution in [3.63, 3.8) is 0 Å². The van der Waals surface area contributed by atoms with Crippen LogP contribution in [0.4, 0.5) is 11.4 Å². The summed E-state index contributed by atoms with van der Waals surface area (Å²) in [5.41, 5.74) is 4.44. The minimum Gasteiger partial charge on any atom is -0.382 e. The number of fused-ring (bicyclic) bond motifs is 1. The fourth-order valence-corrected chi connectivity index (χ4v) is 2.83. The Morgan fingerprint density at radius 1 is 1.25 bits per heavy atom. The molecule has 2 amide bonds. The lowest BCUT2D eigenvalue weighted by Gasteiger charge is -2.16. The SMILES string of the molecule is Cc1ccccc1NC(=O)C[C@H](C)Nc1ccc2c(c1)C(=O)NC2. The molecule has 0 aliphatic carbocycles. The molecule has 0 bridgehead atoms. The van der Waals surface area contributed by atoms with Crippen molar-refractivity contribution in [3.8, 4) is 0 Å². The van der Waals surface area contributed by atoms with E-state index in [1.54, 1.807) is 0 Å². The normalized spacial score (nSPS) is 13.8. The van der Waals surface area contributed by atoms with Gasteiger partial charge in [-0.1, -0.05) is 24.3 Å². The summed E-state index contributed by atoms with van der Waals surface area (Å²) >= 11 is 0. The van der Waals surface area contributed by atoms with E-state index < -0.39 is 0 Å². The molecule has 0 unspecified atom stereocenters. The van der Waals surface area contributed by atoms with Crippen molar-refractivity contribution in [1.82, 2.24) is 5.32 Å².